The lowest BCUT2D eigenvalue weighted by atomic mass is 9.57. The van der Waals surface area contributed by atoms with Gasteiger partial charge >= 0.3 is 0 Å². The molecule has 0 amide bonds. The van der Waals surface area contributed by atoms with Crippen molar-refractivity contribution in [1.29, 1.82) is 5.26 Å². The van der Waals surface area contributed by atoms with Crippen molar-refractivity contribution < 1.29 is 0 Å². The Kier molecular flexibility index (Phi) is 9.40. The van der Waals surface area contributed by atoms with E-state index in [-0.39, 0.29) is 5.41 Å². The number of rotatable bonds is 9. The van der Waals surface area contributed by atoms with Gasteiger partial charge in [0.05, 0.1) is 11.5 Å². The molecule has 0 aromatic heterocycles. The fourth-order valence-corrected chi connectivity index (χ4v) is 7.35. The molecule has 0 atom stereocenters. The zero-order chi connectivity index (χ0) is 20.5. The molecule has 0 bridgehead atoms. The summed E-state index contributed by atoms with van der Waals surface area (Å²) < 4.78 is 0. The van der Waals surface area contributed by atoms with Crippen LogP contribution in [0.25, 0.3) is 0 Å². The largest absolute Gasteiger partial charge is 0.198 e. The van der Waals surface area contributed by atoms with E-state index in [0.29, 0.717) is 5.92 Å². The Morgan fingerprint density at radius 2 is 1.28 bits per heavy atom. The van der Waals surface area contributed by atoms with Gasteiger partial charge in [-0.25, -0.2) is 0 Å². The van der Waals surface area contributed by atoms with Crippen LogP contribution in [-0.4, -0.2) is 0 Å². The molecule has 0 saturated heterocycles. The van der Waals surface area contributed by atoms with Crippen molar-refractivity contribution in [2.45, 2.75) is 136 Å². The molecule has 0 unspecified atom stereocenters. The Morgan fingerprint density at radius 1 is 0.690 bits per heavy atom. The van der Waals surface area contributed by atoms with Gasteiger partial charge in [0.1, 0.15) is 0 Å². The molecule has 3 aliphatic rings. The fourth-order valence-electron chi connectivity index (χ4n) is 7.35. The smallest absolute Gasteiger partial charge is 0.0692 e. The zero-order valence-electron chi connectivity index (χ0n) is 19.8. The minimum Gasteiger partial charge on any atom is -0.198 e. The van der Waals surface area contributed by atoms with Gasteiger partial charge < -0.3 is 0 Å². The average Bonchev–Trinajstić information content (AvgIpc) is 2.79. The van der Waals surface area contributed by atoms with Gasteiger partial charge in [-0.2, -0.15) is 5.26 Å². The minimum atomic E-state index is 0.0449. The van der Waals surface area contributed by atoms with Crippen LogP contribution in [0.15, 0.2) is 0 Å². The van der Waals surface area contributed by atoms with E-state index in [9.17, 15) is 5.26 Å². The third kappa shape index (κ3) is 6.24. The van der Waals surface area contributed by atoms with Crippen LogP contribution < -0.4 is 0 Å². The predicted octanol–water partition coefficient (Wildman–Crippen LogP) is 9.07. The van der Waals surface area contributed by atoms with Crippen molar-refractivity contribution in [2.24, 2.45) is 35.0 Å². The van der Waals surface area contributed by atoms with Gasteiger partial charge in [-0.1, -0.05) is 84.5 Å². The van der Waals surface area contributed by atoms with Crippen molar-refractivity contribution in [1.82, 2.24) is 0 Å². The summed E-state index contributed by atoms with van der Waals surface area (Å²) in [6.07, 6.45) is 26.5. The first kappa shape index (κ1) is 23.2. The van der Waals surface area contributed by atoms with Crippen molar-refractivity contribution in [3.8, 4) is 6.07 Å². The van der Waals surface area contributed by atoms with Gasteiger partial charge in [-0.15, -0.1) is 0 Å². The van der Waals surface area contributed by atoms with Crippen molar-refractivity contribution in [3.63, 3.8) is 0 Å². The lowest BCUT2D eigenvalue weighted by Crippen LogP contribution is -2.38. The Hall–Kier alpha value is -0.510. The fraction of sp³-hybridized carbons (Fsp3) is 0.964. The van der Waals surface area contributed by atoms with E-state index >= 15 is 0 Å². The van der Waals surface area contributed by atoms with Crippen LogP contribution in [0, 0.1) is 46.3 Å². The summed E-state index contributed by atoms with van der Waals surface area (Å²) in [6.45, 7) is 4.67. The van der Waals surface area contributed by atoms with Crippen molar-refractivity contribution in [2.75, 3.05) is 0 Å². The van der Waals surface area contributed by atoms with Crippen molar-refractivity contribution >= 4 is 0 Å². The number of hydrogen-bond acceptors (Lipinski definition) is 1. The maximum Gasteiger partial charge on any atom is 0.0692 e. The molecule has 3 fully saturated rings. The van der Waals surface area contributed by atoms with Crippen LogP contribution in [0.3, 0.4) is 0 Å². The lowest BCUT2D eigenvalue weighted by molar-refractivity contribution is 0.0605. The number of hydrogen-bond donors (Lipinski definition) is 0. The third-order valence-electron chi connectivity index (χ3n) is 9.62. The molecule has 166 valence electrons. The van der Waals surface area contributed by atoms with Gasteiger partial charge in [0.2, 0.25) is 0 Å². The molecular formula is C28H49N. The van der Waals surface area contributed by atoms with Crippen LogP contribution >= 0.6 is 0 Å². The Morgan fingerprint density at radius 3 is 1.86 bits per heavy atom. The molecule has 0 aromatic carbocycles. The first-order chi connectivity index (χ1) is 14.2. The highest BCUT2D eigenvalue weighted by molar-refractivity contribution is 5.06. The summed E-state index contributed by atoms with van der Waals surface area (Å²) in [5.74, 6) is 4.61. The van der Waals surface area contributed by atoms with E-state index in [1.54, 1.807) is 0 Å². The quantitative estimate of drug-likeness (QED) is 0.355. The first-order valence-corrected chi connectivity index (χ1v) is 13.6. The molecule has 0 aliphatic heterocycles. The van der Waals surface area contributed by atoms with Gasteiger partial charge in [-0.3, -0.25) is 0 Å². The van der Waals surface area contributed by atoms with Gasteiger partial charge in [-0.05, 0) is 81.0 Å². The van der Waals surface area contributed by atoms with Gasteiger partial charge in [0.25, 0.3) is 0 Å². The van der Waals surface area contributed by atoms with Crippen LogP contribution in [0.5, 0.6) is 0 Å². The van der Waals surface area contributed by atoms with E-state index in [1.165, 1.54) is 122 Å². The Bertz CT molecular complexity index is 479. The number of nitrogens with zero attached hydrogens (tertiary/aromatic N) is 1. The molecule has 3 saturated carbocycles. The summed E-state index contributed by atoms with van der Waals surface area (Å²) in [6, 6.07) is 2.91. The standard InChI is InChI=1S/C28H49N/c1-3-5-6-7-8-9-24-12-16-27(17-13-24)28(22-29)20-18-26(19-21-28)25-14-10-23(4-2)11-15-25/h23-27H,3-21H2,1-2H3. The summed E-state index contributed by atoms with van der Waals surface area (Å²) in [5.41, 5.74) is 0.0449. The maximum absolute atomic E-state index is 10.2. The second kappa shape index (κ2) is 11.8. The number of unbranched alkanes of at least 4 members (excludes halogenated alkanes) is 4. The van der Waals surface area contributed by atoms with Crippen LogP contribution in [-0.2, 0) is 0 Å². The molecule has 0 radical (unpaired) electrons. The second-order valence-corrected chi connectivity index (χ2v) is 11.2. The Balaban J connectivity index is 1.40. The maximum atomic E-state index is 10.2. The SMILES string of the molecule is CCCCCCCC1CCC(C2(C#N)CCC(C3CCC(CC)CC3)CC2)CC1. The Labute approximate surface area is 182 Å². The second-order valence-electron chi connectivity index (χ2n) is 11.2. The average molecular weight is 400 g/mol. The zero-order valence-corrected chi connectivity index (χ0v) is 19.8. The summed E-state index contributed by atoms with van der Waals surface area (Å²) in [5, 5.41) is 10.2. The van der Waals surface area contributed by atoms with Crippen LogP contribution in [0.1, 0.15) is 136 Å². The van der Waals surface area contributed by atoms with Crippen molar-refractivity contribution in [3.05, 3.63) is 0 Å². The molecule has 3 rings (SSSR count). The topological polar surface area (TPSA) is 23.8 Å². The summed E-state index contributed by atoms with van der Waals surface area (Å²) >= 11 is 0. The van der Waals surface area contributed by atoms with E-state index in [0.717, 1.165) is 23.7 Å². The molecule has 1 nitrogen and oxygen atoms in total. The normalized spacial score (nSPS) is 38.4. The highest BCUT2D eigenvalue weighted by Gasteiger charge is 2.44. The predicted molar refractivity (Wildman–Crippen MR) is 125 cm³/mol. The molecular weight excluding hydrogens is 350 g/mol. The van der Waals surface area contributed by atoms with E-state index in [2.05, 4.69) is 19.9 Å². The molecule has 0 aromatic rings. The van der Waals surface area contributed by atoms with E-state index in [1.807, 2.05) is 0 Å². The van der Waals surface area contributed by atoms with E-state index in [4.69, 9.17) is 0 Å². The highest BCUT2D eigenvalue weighted by atomic mass is 14.5. The molecule has 3 aliphatic carbocycles. The summed E-state index contributed by atoms with van der Waals surface area (Å²) in [7, 11) is 0. The first-order valence-electron chi connectivity index (χ1n) is 13.6. The van der Waals surface area contributed by atoms with Crippen LogP contribution in [0.4, 0.5) is 0 Å². The molecule has 0 heterocycles. The van der Waals surface area contributed by atoms with Gasteiger partial charge in [0.15, 0.2) is 0 Å². The number of nitriles is 1. The molecule has 0 N–H and O–H groups in total. The monoisotopic (exact) mass is 399 g/mol. The molecule has 29 heavy (non-hydrogen) atoms. The highest BCUT2D eigenvalue weighted by Crippen LogP contribution is 2.52. The van der Waals surface area contributed by atoms with E-state index < -0.39 is 0 Å². The molecule has 1 heteroatoms. The lowest BCUT2D eigenvalue weighted by Gasteiger charge is -2.45. The third-order valence-corrected chi connectivity index (χ3v) is 9.62. The summed E-state index contributed by atoms with van der Waals surface area (Å²) in [4.78, 5) is 0. The van der Waals surface area contributed by atoms with Crippen LogP contribution in [0.2, 0.25) is 0 Å². The molecule has 0 spiro atoms. The minimum absolute atomic E-state index is 0.0449. The van der Waals surface area contributed by atoms with Gasteiger partial charge in [0, 0.05) is 0 Å².